The van der Waals surface area contributed by atoms with Crippen molar-refractivity contribution < 1.29 is 9.72 Å². The molecule has 2 rings (SSSR count). The van der Waals surface area contributed by atoms with Gasteiger partial charge in [-0.2, -0.15) is 4.98 Å². The van der Waals surface area contributed by atoms with Crippen LogP contribution in [0.4, 0.5) is 11.5 Å². The van der Waals surface area contributed by atoms with Gasteiger partial charge >= 0.3 is 5.69 Å². The van der Waals surface area contributed by atoms with Gasteiger partial charge in [0.25, 0.3) is 0 Å². The van der Waals surface area contributed by atoms with Crippen molar-refractivity contribution >= 4 is 29.2 Å². The lowest BCUT2D eigenvalue weighted by atomic mass is 9.87. The summed E-state index contributed by atoms with van der Waals surface area (Å²) in [6.07, 6.45) is 5.34. The average molecular weight is 339 g/mol. The number of carbonyl (C=O) groups is 1. The molecule has 0 bridgehead atoms. The van der Waals surface area contributed by atoms with Crippen LogP contribution in [0, 0.1) is 16.0 Å². The van der Waals surface area contributed by atoms with Crippen LogP contribution in [0.15, 0.2) is 11.4 Å². The van der Waals surface area contributed by atoms with E-state index in [2.05, 4.69) is 22.2 Å². The van der Waals surface area contributed by atoms with Gasteiger partial charge in [0, 0.05) is 6.04 Å². The third kappa shape index (κ3) is 4.78. The Bertz CT molecular complexity index is 590. The molecule has 1 aromatic heterocycles. The zero-order valence-electron chi connectivity index (χ0n) is 13.2. The summed E-state index contributed by atoms with van der Waals surface area (Å²) in [7, 11) is 0. The topological polar surface area (TPSA) is 124 Å². The van der Waals surface area contributed by atoms with Crippen molar-refractivity contribution in [3.63, 3.8) is 0 Å². The Morgan fingerprint density at radius 3 is 2.70 bits per heavy atom. The molecule has 3 N–H and O–H groups in total. The number of aromatic nitrogens is 2. The van der Waals surface area contributed by atoms with Crippen molar-refractivity contribution in [2.45, 2.75) is 56.0 Å². The molecule has 1 heterocycles. The smallest absolute Gasteiger partial charge is 0.329 e. The molecule has 0 aromatic carbocycles. The first-order valence-electron chi connectivity index (χ1n) is 7.60. The summed E-state index contributed by atoms with van der Waals surface area (Å²) >= 11 is 1.14. The summed E-state index contributed by atoms with van der Waals surface area (Å²) in [6, 6.07) is 0.226. The first kappa shape index (κ1) is 17.5. The summed E-state index contributed by atoms with van der Waals surface area (Å²) in [5, 5.41) is 13.6. The minimum atomic E-state index is -0.635. The molecule has 0 unspecified atom stereocenters. The summed E-state index contributed by atoms with van der Waals surface area (Å²) < 4.78 is 0. The van der Waals surface area contributed by atoms with E-state index in [0.717, 1.165) is 49.6 Å². The Morgan fingerprint density at radius 1 is 1.48 bits per heavy atom. The lowest BCUT2D eigenvalue weighted by molar-refractivity contribution is -0.384. The normalized spacial score (nSPS) is 22.3. The Balaban J connectivity index is 1.90. The van der Waals surface area contributed by atoms with Gasteiger partial charge in [-0.3, -0.25) is 14.9 Å². The number of nitro groups is 1. The van der Waals surface area contributed by atoms with Gasteiger partial charge in [-0.1, -0.05) is 18.7 Å². The Morgan fingerprint density at radius 2 is 2.13 bits per heavy atom. The largest absolute Gasteiger partial charge is 0.378 e. The standard InChI is InChI=1S/C14H21N5O3S/c1-8-3-5-10(6-4-8)17-13(20)9(2)23-14-16-7-11(19(21)22)12(15)18-14/h7-10H,3-6H2,1-2H3,(H,17,20)(H2,15,16,18)/t8?,9-,10?/m1/s1. The van der Waals surface area contributed by atoms with Crippen LogP contribution in [0.25, 0.3) is 0 Å². The maximum atomic E-state index is 12.2. The summed E-state index contributed by atoms with van der Waals surface area (Å²) in [6.45, 7) is 3.99. The monoisotopic (exact) mass is 339 g/mol. The minimum Gasteiger partial charge on any atom is -0.378 e. The van der Waals surface area contributed by atoms with Crippen LogP contribution >= 0.6 is 11.8 Å². The molecule has 9 heteroatoms. The van der Waals surface area contributed by atoms with Gasteiger partial charge in [-0.15, -0.1) is 0 Å². The second-order valence-electron chi connectivity index (χ2n) is 5.91. The van der Waals surface area contributed by atoms with E-state index in [1.54, 1.807) is 6.92 Å². The van der Waals surface area contributed by atoms with Gasteiger partial charge < -0.3 is 11.1 Å². The second kappa shape index (κ2) is 7.58. The van der Waals surface area contributed by atoms with E-state index in [1.165, 1.54) is 0 Å². The molecule has 23 heavy (non-hydrogen) atoms. The van der Waals surface area contributed by atoms with Gasteiger partial charge in [-0.25, -0.2) is 4.98 Å². The molecule has 0 spiro atoms. The van der Waals surface area contributed by atoms with E-state index >= 15 is 0 Å². The van der Waals surface area contributed by atoms with E-state index in [1.807, 2.05) is 0 Å². The van der Waals surface area contributed by atoms with Crippen molar-refractivity contribution in [2.24, 2.45) is 5.92 Å². The van der Waals surface area contributed by atoms with Gasteiger partial charge in [-0.05, 0) is 38.5 Å². The molecule has 1 aliphatic rings. The fourth-order valence-corrected chi connectivity index (χ4v) is 3.26. The van der Waals surface area contributed by atoms with Crippen LogP contribution in [0.5, 0.6) is 0 Å². The van der Waals surface area contributed by atoms with Crippen LogP contribution in [0.3, 0.4) is 0 Å². The SMILES string of the molecule is CC1CCC(NC(=O)[C@@H](C)Sc2ncc([N+](=O)[O-])c(N)n2)CC1. The quantitative estimate of drug-likeness (QED) is 0.364. The highest BCUT2D eigenvalue weighted by atomic mass is 32.2. The van der Waals surface area contributed by atoms with Crippen LogP contribution in [-0.2, 0) is 4.79 Å². The molecule has 1 saturated carbocycles. The van der Waals surface area contributed by atoms with Crippen LogP contribution < -0.4 is 11.1 Å². The lowest BCUT2D eigenvalue weighted by Crippen LogP contribution is -2.41. The molecular formula is C14H21N5O3S. The number of nitrogens with two attached hydrogens (primary N) is 1. The number of amides is 1. The molecule has 1 aromatic rings. The lowest BCUT2D eigenvalue weighted by Gasteiger charge is -2.27. The molecule has 1 aliphatic carbocycles. The predicted octanol–water partition coefficient (Wildman–Crippen LogP) is 2.14. The number of hydrogen-bond donors (Lipinski definition) is 2. The first-order valence-corrected chi connectivity index (χ1v) is 8.48. The molecule has 1 fully saturated rings. The van der Waals surface area contributed by atoms with Crippen molar-refractivity contribution in [3.05, 3.63) is 16.3 Å². The summed E-state index contributed by atoms with van der Waals surface area (Å²) in [4.78, 5) is 30.0. The number of nitrogens with one attached hydrogen (secondary N) is 1. The molecule has 1 amide bonds. The number of nitrogens with zero attached hydrogens (tertiary/aromatic N) is 3. The highest BCUT2D eigenvalue weighted by Crippen LogP contribution is 2.26. The zero-order chi connectivity index (χ0) is 17.0. The molecule has 0 aliphatic heterocycles. The van der Waals surface area contributed by atoms with E-state index < -0.39 is 10.2 Å². The highest BCUT2D eigenvalue weighted by Gasteiger charge is 2.24. The number of carbonyl (C=O) groups excluding carboxylic acids is 1. The fraction of sp³-hybridized carbons (Fsp3) is 0.643. The predicted molar refractivity (Wildman–Crippen MR) is 88.0 cm³/mol. The average Bonchev–Trinajstić information content (AvgIpc) is 2.49. The van der Waals surface area contributed by atoms with Gasteiger partial charge in [0.05, 0.1) is 10.2 Å². The molecule has 1 atom stereocenters. The van der Waals surface area contributed by atoms with Crippen molar-refractivity contribution in [1.29, 1.82) is 0 Å². The highest BCUT2D eigenvalue weighted by molar-refractivity contribution is 8.00. The van der Waals surface area contributed by atoms with Crippen molar-refractivity contribution in [2.75, 3.05) is 5.73 Å². The molecule has 8 nitrogen and oxygen atoms in total. The van der Waals surface area contributed by atoms with E-state index in [4.69, 9.17) is 5.73 Å². The van der Waals surface area contributed by atoms with Crippen molar-refractivity contribution in [1.82, 2.24) is 15.3 Å². The van der Waals surface area contributed by atoms with Crippen LogP contribution in [-0.4, -0.2) is 32.1 Å². The van der Waals surface area contributed by atoms with Gasteiger partial charge in [0.15, 0.2) is 5.16 Å². The maximum absolute atomic E-state index is 12.2. The van der Waals surface area contributed by atoms with Gasteiger partial charge in [0.1, 0.15) is 6.20 Å². The summed E-state index contributed by atoms with van der Waals surface area (Å²) in [5.41, 5.74) is 5.20. The number of anilines is 1. The van der Waals surface area contributed by atoms with E-state index in [-0.39, 0.29) is 28.6 Å². The Kier molecular flexibility index (Phi) is 5.75. The molecule has 126 valence electrons. The Labute approximate surface area is 138 Å². The fourth-order valence-electron chi connectivity index (χ4n) is 2.50. The third-order valence-electron chi connectivity index (χ3n) is 3.99. The van der Waals surface area contributed by atoms with Crippen LogP contribution in [0.1, 0.15) is 39.5 Å². The van der Waals surface area contributed by atoms with E-state index in [9.17, 15) is 14.9 Å². The molecule has 0 saturated heterocycles. The number of nitrogen functional groups attached to an aromatic ring is 1. The van der Waals surface area contributed by atoms with E-state index in [0.29, 0.717) is 0 Å². The van der Waals surface area contributed by atoms with Gasteiger partial charge in [0.2, 0.25) is 11.7 Å². The maximum Gasteiger partial charge on any atom is 0.329 e. The number of hydrogen-bond acceptors (Lipinski definition) is 7. The first-order chi connectivity index (χ1) is 10.9. The minimum absolute atomic E-state index is 0.0740. The number of thioether (sulfide) groups is 1. The second-order valence-corrected chi connectivity index (χ2v) is 7.21. The van der Waals surface area contributed by atoms with Crippen molar-refractivity contribution in [3.8, 4) is 0 Å². The molecular weight excluding hydrogens is 318 g/mol. The Hall–Kier alpha value is -1.90. The third-order valence-corrected chi connectivity index (χ3v) is 4.96. The van der Waals surface area contributed by atoms with Crippen LogP contribution in [0.2, 0.25) is 0 Å². The molecule has 0 radical (unpaired) electrons. The summed E-state index contributed by atoms with van der Waals surface area (Å²) in [5.74, 6) is 0.461. The zero-order valence-corrected chi connectivity index (χ0v) is 14.0. The number of rotatable bonds is 5.